The first kappa shape index (κ1) is 20.4. The Balaban J connectivity index is 2.29. The Morgan fingerprint density at radius 2 is 1.75 bits per heavy atom. The second-order valence-electron chi connectivity index (χ2n) is 5.21. The predicted octanol–water partition coefficient (Wildman–Crippen LogP) is 3.29. The van der Waals surface area contributed by atoms with Crippen LogP contribution in [-0.4, -0.2) is 22.9 Å². The molecule has 0 aliphatic carbocycles. The number of anilines is 1. The van der Waals surface area contributed by atoms with Crippen LogP contribution in [0.5, 0.6) is 5.75 Å². The highest BCUT2D eigenvalue weighted by molar-refractivity contribution is 5.98. The van der Waals surface area contributed by atoms with E-state index in [0.717, 1.165) is 18.2 Å². The highest BCUT2D eigenvalue weighted by Gasteiger charge is 2.33. The van der Waals surface area contributed by atoms with Crippen molar-refractivity contribution >= 4 is 23.0 Å². The number of nitro benzene ring substituents is 2. The number of nitro groups is 2. The third-order valence-electron chi connectivity index (χ3n) is 3.47. The molecule has 28 heavy (non-hydrogen) atoms. The van der Waals surface area contributed by atoms with Gasteiger partial charge in [0.1, 0.15) is 11.4 Å². The van der Waals surface area contributed by atoms with E-state index in [1.54, 1.807) is 0 Å². The first-order valence-electron chi connectivity index (χ1n) is 7.29. The van der Waals surface area contributed by atoms with Crippen LogP contribution in [0.4, 0.5) is 30.2 Å². The number of nitrogens with one attached hydrogen (secondary N) is 2. The molecule has 1 amide bonds. The number of carbonyl (C=O) groups excluding carboxylic acids is 1. The minimum absolute atomic E-state index is 0.0215. The number of non-ortho nitro benzene ring substituents is 1. The standard InChI is InChI=1S/C15H11F3N4O6/c1-28-13-5-3-9(21(24)25)7-10(13)14(23)20-19-11-4-2-8(15(16,17)18)6-12(11)22(26)27/h2-7,19H,1H3,(H,20,23). The second-order valence-corrected chi connectivity index (χ2v) is 5.21. The van der Waals surface area contributed by atoms with Crippen molar-refractivity contribution in [2.24, 2.45) is 0 Å². The third-order valence-corrected chi connectivity index (χ3v) is 3.47. The summed E-state index contributed by atoms with van der Waals surface area (Å²) in [6.07, 6.45) is -4.79. The van der Waals surface area contributed by atoms with E-state index in [1.165, 1.54) is 13.2 Å². The van der Waals surface area contributed by atoms with E-state index in [0.29, 0.717) is 12.1 Å². The molecule has 0 aliphatic rings. The number of ether oxygens (including phenoxy) is 1. The van der Waals surface area contributed by atoms with E-state index < -0.39 is 44.6 Å². The quantitative estimate of drug-likeness (QED) is 0.561. The molecule has 13 heteroatoms. The average molecular weight is 400 g/mol. The molecule has 0 unspecified atom stereocenters. The van der Waals surface area contributed by atoms with E-state index in [4.69, 9.17) is 4.74 Å². The lowest BCUT2D eigenvalue weighted by atomic mass is 10.1. The third kappa shape index (κ3) is 4.44. The number of amides is 1. The Labute approximate surface area is 154 Å². The molecule has 0 radical (unpaired) electrons. The molecule has 2 N–H and O–H groups in total. The van der Waals surface area contributed by atoms with Gasteiger partial charge in [0, 0.05) is 18.2 Å². The fourth-order valence-corrected chi connectivity index (χ4v) is 2.14. The summed E-state index contributed by atoms with van der Waals surface area (Å²) in [6, 6.07) is 4.86. The molecule has 0 aliphatic heterocycles. The summed E-state index contributed by atoms with van der Waals surface area (Å²) in [5.41, 5.74) is 0.905. The van der Waals surface area contributed by atoms with Crippen LogP contribution in [0.25, 0.3) is 0 Å². The number of benzene rings is 2. The van der Waals surface area contributed by atoms with Crippen molar-refractivity contribution in [3.8, 4) is 5.75 Å². The second kappa shape index (κ2) is 7.77. The molecule has 2 aromatic rings. The fraction of sp³-hybridized carbons (Fsp3) is 0.133. The molecular weight excluding hydrogens is 389 g/mol. The van der Waals surface area contributed by atoms with Gasteiger partial charge in [-0.25, -0.2) is 0 Å². The first-order chi connectivity index (χ1) is 13.0. The largest absolute Gasteiger partial charge is 0.496 e. The normalized spacial score (nSPS) is 10.9. The molecule has 2 aromatic carbocycles. The highest BCUT2D eigenvalue weighted by atomic mass is 19.4. The molecule has 10 nitrogen and oxygen atoms in total. The van der Waals surface area contributed by atoms with Crippen LogP contribution in [0.3, 0.4) is 0 Å². The minimum Gasteiger partial charge on any atom is -0.496 e. The van der Waals surface area contributed by atoms with E-state index in [2.05, 4.69) is 5.43 Å². The van der Waals surface area contributed by atoms with Gasteiger partial charge in [0.05, 0.1) is 28.1 Å². The van der Waals surface area contributed by atoms with Gasteiger partial charge in [-0.3, -0.25) is 35.9 Å². The van der Waals surface area contributed by atoms with Crippen molar-refractivity contribution in [3.63, 3.8) is 0 Å². The zero-order chi connectivity index (χ0) is 21.1. The van der Waals surface area contributed by atoms with Crippen LogP contribution in [0.15, 0.2) is 36.4 Å². The lowest BCUT2D eigenvalue weighted by Crippen LogP contribution is -2.30. The van der Waals surface area contributed by atoms with Crippen LogP contribution < -0.4 is 15.6 Å². The number of methoxy groups -OCH3 is 1. The Morgan fingerprint density at radius 3 is 2.29 bits per heavy atom. The highest BCUT2D eigenvalue weighted by Crippen LogP contribution is 2.34. The Bertz CT molecular complexity index is 948. The molecule has 0 saturated heterocycles. The summed E-state index contributed by atoms with van der Waals surface area (Å²) in [5.74, 6) is -0.985. The van der Waals surface area contributed by atoms with Crippen molar-refractivity contribution in [1.82, 2.24) is 5.43 Å². The summed E-state index contributed by atoms with van der Waals surface area (Å²) in [5, 5.41) is 21.9. The number of hydrazine groups is 1. The summed E-state index contributed by atoms with van der Waals surface area (Å²) < 4.78 is 43.0. The minimum atomic E-state index is -4.79. The van der Waals surface area contributed by atoms with Gasteiger partial charge in [0.2, 0.25) is 0 Å². The van der Waals surface area contributed by atoms with E-state index in [-0.39, 0.29) is 11.3 Å². The van der Waals surface area contributed by atoms with Gasteiger partial charge in [0.25, 0.3) is 17.3 Å². The number of nitrogens with zero attached hydrogens (tertiary/aromatic N) is 2. The molecular formula is C15H11F3N4O6. The van der Waals surface area contributed by atoms with Gasteiger partial charge in [-0.2, -0.15) is 13.2 Å². The van der Waals surface area contributed by atoms with Crippen molar-refractivity contribution in [2.75, 3.05) is 12.5 Å². The van der Waals surface area contributed by atoms with E-state index in [1.807, 2.05) is 5.43 Å². The lowest BCUT2D eigenvalue weighted by molar-refractivity contribution is -0.384. The van der Waals surface area contributed by atoms with Crippen molar-refractivity contribution in [2.45, 2.75) is 6.18 Å². The van der Waals surface area contributed by atoms with Crippen LogP contribution in [0, 0.1) is 20.2 Å². The van der Waals surface area contributed by atoms with Crippen LogP contribution in [-0.2, 0) is 6.18 Å². The molecule has 0 atom stereocenters. The molecule has 0 spiro atoms. The van der Waals surface area contributed by atoms with Gasteiger partial charge in [-0.15, -0.1) is 0 Å². The van der Waals surface area contributed by atoms with Gasteiger partial charge < -0.3 is 4.74 Å². The number of halogens is 3. The Morgan fingerprint density at radius 1 is 1.07 bits per heavy atom. The number of hydrogen-bond acceptors (Lipinski definition) is 7. The number of hydrogen-bond donors (Lipinski definition) is 2. The molecule has 0 fully saturated rings. The maximum absolute atomic E-state index is 12.7. The number of carbonyl (C=O) groups is 1. The molecule has 0 saturated carbocycles. The van der Waals surface area contributed by atoms with Gasteiger partial charge in [0.15, 0.2) is 0 Å². The summed E-state index contributed by atoms with van der Waals surface area (Å²) in [7, 11) is 1.21. The molecule has 0 bridgehead atoms. The molecule has 0 aromatic heterocycles. The van der Waals surface area contributed by atoms with Crippen LogP contribution in [0.1, 0.15) is 15.9 Å². The van der Waals surface area contributed by atoms with Gasteiger partial charge in [-0.05, 0) is 18.2 Å². The predicted molar refractivity (Wildman–Crippen MR) is 88.8 cm³/mol. The molecule has 2 rings (SSSR count). The average Bonchev–Trinajstić information content (AvgIpc) is 2.64. The summed E-state index contributed by atoms with van der Waals surface area (Å²) >= 11 is 0. The van der Waals surface area contributed by atoms with Crippen molar-refractivity contribution in [3.05, 3.63) is 67.8 Å². The van der Waals surface area contributed by atoms with E-state index >= 15 is 0 Å². The zero-order valence-electron chi connectivity index (χ0n) is 13.9. The lowest BCUT2D eigenvalue weighted by Gasteiger charge is -2.12. The topological polar surface area (TPSA) is 137 Å². The summed E-state index contributed by atoms with van der Waals surface area (Å²) in [4.78, 5) is 32.3. The van der Waals surface area contributed by atoms with Gasteiger partial charge in [-0.1, -0.05) is 0 Å². The Kier molecular flexibility index (Phi) is 5.67. The Hall–Kier alpha value is -3.90. The SMILES string of the molecule is COc1ccc([N+](=O)[O-])cc1C(=O)NNc1ccc(C(F)(F)F)cc1[N+](=O)[O-]. The van der Waals surface area contributed by atoms with Crippen molar-refractivity contribution in [1.29, 1.82) is 0 Å². The first-order valence-corrected chi connectivity index (χ1v) is 7.29. The zero-order valence-corrected chi connectivity index (χ0v) is 13.9. The number of rotatable bonds is 6. The van der Waals surface area contributed by atoms with Crippen molar-refractivity contribution < 1.29 is 32.5 Å². The smallest absolute Gasteiger partial charge is 0.416 e. The maximum Gasteiger partial charge on any atom is 0.416 e. The number of alkyl halides is 3. The van der Waals surface area contributed by atoms with Crippen LogP contribution >= 0.6 is 0 Å². The maximum atomic E-state index is 12.7. The van der Waals surface area contributed by atoms with Crippen LogP contribution in [0.2, 0.25) is 0 Å². The fourth-order valence-electron chi connectivity index (χ4n) is 2.14. The van der Waals surface area contributed by atoms with Gasteiger partial charge >= 0.3 is 6.18 Å². The summed E-state index contributed by atoms with van der Waals surface area (Å²) in [6.45, 7) is 0. The van der Waals surface area contributed by atoms with E-state index in [9.17, 15) is 38.2 Å². The molecule has 0 heterocycles. The monoisotopic (exact) mass is 400 g/mol. The molecule has 148 valence electrons.